The van der Waals surface area contributed by atoms with Crippen molar-refractivity contribution in [3.63, 3.8) is 0 Å². The van der Waals surface area contributed by atoms with Crippen LogP contribution in [0.25, 0.3) is 0 Å². The van der Waals surface area contributed by atoms with E-state index in [4.69, 9.17) is 0 Å². The normalized spacial score (nSPS) is 27.3. The van der Waals surface area contributed by atoms with Crippen LogP contribution >= 0.6 is 0 Å². The molecule has 0 amide bonds. The van der Waals surface area contributed by atoms with Gasteiger partial charge >= 0.3 is 0 Å². The second kappa shape index (κ2) is 4.89. The monoisotopic (exact) mass is 280 g/mol. The maximum absolute atomic E-state index is 12.2. The van der Waals surface area contributed by atoms with Gasteiger partial charge < -0.3 is 4.90 Å². The summed E-state index contributed by atoms with van der Waals surface area (Å²) in [7, 11) is -3.08. The van der Waals surface area contributed by atoms with Gasteiger partial charge in [-0.1, -0.05) is 25.1 Å². The highest BCUT2D eigenvalue weighted by atomic mass is 32.2. The van der Waals surface area contributed by atoms with E-state index in [2.05, 4.69) is 16.7 Å². The first-order valence-electron chi connectivity index (χ1n) is 6.90. The summed E-state index contributed by atoms with van der Waals surface area (Å²) in [6.45, 7) is 7.24. The van der Waals surface area contributed by atoms with E-state index < -0.39 is 9.84 Å². The Bertz CT molecular complexity index is 563. The van der Waals surface area contributed by atoms with Crippen molar-refractivity contribution in [1.29, 1.82) is 0 Å². The Morgan fingerprint density at radius 2 is 1.84 bits per heavy atom. The van der Waals surface area contributed by atoms with Crippen molar-refractivity contribution in [2.24, 2.45) is 0 Å². The molecule has 2 aliphatic heterocycles. The maximum Gasteiger partial charge on any atom is 0.180 e. The fourth-order valence-corrected chi connectivity index (χ4v) is 4.95. The predicted molar refractivity (Wildman–Crippen MR) is 74.9 cm³/mol. The fourth-order valence-electron chi connectivity index (χ4n) is 3.12. The molecule has 19 heavy (non-hydrogen) atoms. The van der Waals surface area contributed by atoms with Crippen LogP contribution in [0.2, 0.25) is 0 Å². The zero-order valence-electron chi connectivity index (χ0n) is 11.2. The SMILES string of the molecule is CCN1CCN(C2CS(=O)(=O)c3ccccc32)CC1. The molecular formula is C14H20N2O2S. The van der Waals surface area contributed by atoms with Gasteiger partial charge in [-0.3, -0.25) is 4.90 Å². The fraction of sp³-hybridized carbons (Fsp3) is 0.571. The third-order valence-electron chi connectivity index (χ3n) is 4.29. The minimum Gasteiger partial charge on any atom is -0.301 e. The number of sulfone groups is 1. The van der Waals surface area contributed by atoms with E-state index in [1.54, 1.807) is 6.07 Å². The molecule has 104 valence electrons. The molecule has 2 heterocycles. The molecule has 1 unspecified atom stereocenters. The first-order chi connectivity index (χ1) is 9.12. The number of benzene rings is 1. The van der Waals surface area contributed by atoms with Crippen LogP contribution in [-0.4, -0.2) is 56.7 Å². The number of fused-ring (bicyclic) bond motifs is 1. The van der Waals surface area contributed by atoms with Gasteiger partial charge in [-0.05, 0) is 18.2 Å². The molecule has 3 rings (SSSR count). The van der Waals surface area contributed by atoms with E-state index in [9.17, 15) is 8.42 Å². The van der Waals surface area contributed by atoms with Crippen molar-refractivity contribution in [2.45, 2.75) is 17.9 Å². The number of nitrogens with zero attached hydrogens (tertiary/aromatic N) is 2. The molecule has 0 spiro atoms. The van der Waals surface area contributed by atoms with Crippen LogP contribution in [0.15, 0.2) is 29.2 Å². The third kappa shape index (κ3) is 2.30. The van der Waals surface area contributed by atoms with Crippen LogP contribution in [-0.2, 0) is 9.84 Å². The predicted octanol–water partition coefficient (Wildman–Crippen LogP) is 1.15. The summed E-state index contributed by atoms with van der Waals surface area (Å²) in [4.78, 5) is 5.28. The van der Waals surface area contributed by atoms with Crippen LogP contribution in [0.3, 0.4) is 0 Å². The molecular weight excluding hydrogens is 260 g/mol. The summed E-state index contributed by atoms with van der Waals surface area (Å²) in [5.41, 5.74) is 0.993. The molecule has 5 heteroatoms. The smallest absolute Gasteiger partial charge is 0.180 e. The topological polar surface area (TPSA) is 40.6 Å². The summed E-state index contributed by atoms with van der Waals surface area (Å²) in [6.07, 6.45) is 0. The average molecular weight is 280 g/mol. The Hall–Kier alpha value is -0.910. The first kappa shape index (κ1) is 13.1. The lowest BCUT2D eigenvalue weighted by Gasteiger charge is -2.37. The summed E-state index contributed by atoms with van der Waals surface area (Å²) in [6, 6.07) is 7.52. The van der Waals surface area contributed by atoms with Crippen LogP contribution in [0.5, 0.6) is 0 Å². The van der Waals surface area contributed by atoms with Gasteiger partial charge in [0.1, 0.15) is 0 Å². The molecule has 1 aromatic carbocycles. The van der Waals surface area contributed by atoms with Gasteiger partial charge in [0, 0.05) is 26.2 Å². The Morgan fingerprint density at radius 1 is 1.16 bits per heavy atom. The van der Waals surface area contributed by atoms with Crippen molar-refractivity contribution in [3.05, 3.63) is 29.8 Å². The van der Waals surface area contributed by atoms with E-state index >= 15 is 0 Å². The van der Waals surface area contributed by atoms with Gasteiger partial charge in [0.05, 0.1) is 16.7 Å². The lowest BCUT2D eigenvalue weighted by molar-refractivity contribution is 0.108. The number of hydrogen-bond donors (Lipinski definition) is 0. The highest BCUT2D eigenvalue weighted by molar-refractivity contribution is 7.91. The minimum atomic E-state index is -3.08. The number of likely N-dealkylation sites (N-methyl/N-ethyl adjacent to an activating group) is 1. The zero-order chi connectivity index (χ0) is 13.5. The largest absolute Gasteiger partial charge is 0.301 e. The summed E-state index contributed by atoms with van der Waals surface area (Å²) in [5, 5.41) is 0. The van der Waals surface area contributed by atoms with E-state index in [1.807, 2.05) is 18.2 Å². The second-order valence-corrected chi connectivity index (χ2v) is 7.31. The molecule has 1 saturated heterocycles. The van der Waals surface area contributed by atoms with Gasteiger partial charge in [0.15, 0.2) is 9.84 Å². The highest BCUT2D eigenvalue weighted by Gasteiger charge is 2.38. The molecule has 4 nitrogen and oxygen atoms in total. The lowest BCUT2D eigenvalue weighted by Crippen LogP contribution is -2.47. The van der Waals surface area contributed by atoms with Crippen LogP contribution < -0.4 is 0 Å². The molecule has 0 radical (unpaired) electrons. The van der Waals surface area contributed by atoms with Gasteiger partial charge in [-0.15, -0.1) is 0 Å². The quantitative estimate of drug-likeness (QED) is 0.815. The molecule has 0 aromatic heterocycles. The van der Waals surface area contributed by atoms with Crippen LogP contribution in [0.4, 0.5) is 0 Å². The third-order valence-corrected chi connectivity index (χ3v) is 6.08. The van der Waals surface area contributed by atoms with E-state index in [1.165, 1.54) is 0 Å². The van der Waals surface area contributed by atoms with Crippen molar-refractivity contribution in [3.8, 4) is 0 Å². The number of hydrogen-bond acceptors (Lipinski definition) is 4. The summed E-state index contributed by atoms with van der Waals surface area (Å²) in [5.74, 6) is 0.248. The van der Waals surface area contributed by atoms with Crippen molar-refractivity contribution in [2.75, 3.05) is 38.5 Å². The standard InChI is InChI=1S/C14H20N2O2S/c1-2-15-7-9-16(10-8-15)13-11-19(17,18)14-6-4-3-5-12(13)14/h3-6,13H,2,7-11H2,1H3. The van der Waals surface area contributed by atoms with Crippen molar-refractivity contribution < 1.29 is 8.42 Å². The second-order valence-electron chi connectivity index (χ2n) is 5.31. The van der Waals surface area contributed by atoms with Gasteiger partial charge in [-0.2, -0.15) is 0 Å². The molecule has 1 atom stereocenters. The van der Waals surface area contributed by atoms with Gasteiger partial charge in [-0.25, -0.2) is 8.42 Å². The van der Waals surface area contributed by atoms with Crippen LogP contribution in [0.1, 0.15) is 18.5 Å². The summed E-state index contributed by atoms with van der Waals surface area (Å²) < 4.78 is 24.4. The molecule has 0 N–H and O–H groups in total. The van der Waals surface area contributed by atoms with Crippen molar-refractivity contribution in [1.82, 2.24) is 9.80 Å². The highest BCUT2D eigenvalue weighted by Crippen LogP contribution is 2.37. The number of piperazine rings is 1. The van der Waals surface area contributed by atoms with Crippen LogP contribution in [0, 0.1) is 0 Å². The Morgan fingerprint density at radius 3 is 2.53 bits per heavy atom. The Labute approximate surface area is 114 Å². The molecule has 2 aliphatic rings. The average Bonchev–Trinajstić information content (AvgIpc) is 2.72. The van der Waals surface area contributed by atoms with Gasteiger partial charge in [0.25, 0.3) is 0 Å². The Balaban J connectivity index is 1.85. The molecule has 0 saturated carbocycles. The lowest BCUT2D eigenvalue weighted by atomic mass is 10.1. The van der Waals surface area contributed by atoms with E-state index in [0.717, 1.165) is 38.3 Å². The molecule has 0 bridgehead atoms. The minimum absolute atomic E-state index is 0.0557. The molecule has 1 fully saturated rings. The van der Waals surface area contributed by atoms with E-state index in [0.29, 0.717) is 4.90 Å². The zero-order valence-corrected chi connectivity index (χ0v) is 12.1. The number of rotatable bonds is 2. The summed E-state index contributed by atoms with van der Waals surface area (Å²) >= 11 is 0. The molecule has 1 aromatic rings. The maximum atomic E-state index is 12.2. The van der Waals surface area contributed by atoms with E-state index in [-0.39, 0.29) is 11.8 Å². The van der Waals surface area contributed by atoms with Gasteiger partial charge in [0.2, 0.25) is 0 Å². The first-order valence-corrected chi connectivity index (χ1v) is 8.55. The molecule has 0 aliphatic carbocycles. The Kier molecular flexibility index (Phi) is 3.37. The van der Waals surface area contributed by atoms with Crippen molar-refractivity contribution >= 4 is 9.84 Å².